The van der Waals surface area contributed by atoms with Crippen LogP contribution >= 0.6 is 0 Å². The Kier molecular flexibility index (Phi) is 6.36. The van der Waals surface area contributed by atoms with E-state index in [1.807, 2.05) is 0 Å². The van der Waals surface area contributed by atoms with Crippen LogP contribution in [0.15, 0.2) is 0 Å². The molecule has 20 heavy (non-hydrogen) atoms. The summed E-state index contributed by atoms with van der Waals surface area (Å²) in [6.45, 7) is 2.76. The van der Waals surface area contributed by atoms with E-state index in [4.69, 9.17) is 5.11 Å². The molecule has 0 aliphatic rings. The summed E-state index contributed by atoms with van der Waals surface area (Å²) < 4.78 is 75.5. The molecule has 8 heteroatoms. The fourth-order valence-electron chi connectivity index (χ4n) is 1.48. The molecule has 0 radical (unpaired) electrons. The van der Waals surface area contributed by atoms with Gasteiger partial charge in [0.25, 0.3) is 5.60 Å². The lowest BCUT2D eigenvalue weighted by Gasteiger charge is -2.38. The Morgan fingerprint density at radius 2 is 1.50 bits per heavy atom. The number of aliphatic hydroxyl groups is 1. The lowest BCUT2D eigenvalue weighted by Crippen LogP contribution is -2.63. The van der Waals surface area contributed by atoms with Crippen LogP contribution in [0, 0.1) is 11.8 Å². The molecule has 0 amide bonds. The third-order valence-corrected chi connectivity index (χ3v) is 2.80. The molecule has 118 valence electrons. The summed E-state index contributed by atoms with van der Waals surface area (Å²) in [7, 11) is 0. The Morgan fingerprint density at radius 1 is 1.05 bits per heavy atom. The first-order valence-electron chi connectivity index (χ1n) is 5.86. The summed E-state index contributed by atoms with van der Waals surface area (Å²) in [6, 6.07) is -0.593. The molecule has 1 N–H and O–H groups in total. The largest absolute Gasteiger partial charge is 0.427 e. The molecular weight excluding hydrogens is 288 g/mol. The number of hydrogen-bond acceptors (Lipinski definition) is 2. The van der Waals surface area contributed by atoms with Crippen LogP contribution < -0.4 is 0 Å². The summed E-state index contributed by atoms with van der Waals surface area (Å²) in [5.74, 6) is 5.06. The summed E-state index contributed by atoms with van der Waals surface area (Å²) in [5, 5.41) is 9.13. The van der Waals surface area contributed by atoms with Gasteiger partial charge in [-0.05, 0) is 20.8 Å². The number of halogens is 6. The third kappa shape index (κ3) is 4.56. The van der Waals surface area contributed by atoms with Gasteiger partial charge in [-0.25, -0.2) is 0 Å². The van der Waals surface area contributed by atoms with E-state index in [9.17, 15) is 26.3 Å². The Hall–Kier alpha value is -0.940. The zero-order chi connectivity index (χ0) is 16.2. The first-order valence-corrected chi connectivity index (χ1v) is 5.86. The molecule has 0 unspecified atom stereocenters. The molecule has 0 fully saturated rings. The zero-order valence-corrected chi connectivity index (χ0v) is 11.4. The van der Waals surface area contributed by atoms with Crippen LogP contribution in [0.25, 0.3) is 0 Å². The Labute approximate surface area is 113 Å². The van der Waals surface area contributed by atoms with Gasteiger partial charge in [-0.1, -0.05) is 0 Å². The van der Waals surface area contributed by atoms with Gasteiger partial charge >= 0.3 is 12.4 Å². The van der Waals surface area contributed by atoms with Crippen molar-refractivity contribution in [2.24, 2.45) is 0 Å². The molecular formula is C12H17F6NO. The molecule has 0 aromatic rings. The minimum Gasteiger partial charge on any atom is -0.373 e. The zero-order valence-electron chi connectivity index (χ0n) is 11.4. The van der Waals surface area contributed by atoms with E-state index in [1.165, 1.54) is 20.8 Å². The number of alkyl halides is 6. The highest BCUT2D eigenvalue weighted by Gasteiger charge is 2.70. The molecule has 0 saturated carbocycles. The quantitative estimate of drug-likeness (QED) is 0.623. The fraction of sp³-hybridized carbons (Fsp3) is 0.833. The monoisotopic (exact) mass is 305 g/mol. The second kappa shape index (κ2) is 6.68. The van der Waals surface area contributed by atoms with Crippen molar-refractivity contribution in [3.63, 3.8) is 0 Å². The molecule has 0 rings (SSSR count). The second-order valence-electron chi connectivity index (χ2n) is 4.60. The Bertz CT molecular complexity index is 349. The minimum atomic E-state index is -5.80. The van der Waals surface area contributed by atoms with Gasteiger partial charge in [-0.15, -0.1) is 11.8 Å². The van der Waals surface area contributed by atoms with Crippen molar-refractivity contribution >= 4 is 0 Å². The maximum absolute atomic E-state index is 12.6. The van der Waals surface area contributed by atoms with Crippen molar-refractivity contribution in [3.05, 3.63) is 0 Å². The maximum atomic E-state index is 12.6. The van der Waals surface area contributed by atoms with E-state index in [0.29, 0.717) is 0 Å². The highest BCUT2D eigenvalue weighted by Crippen LogP contribution is 2.43. The molecule has 0 aromatic heterocycles. The molecule has 0 aromatic carbocycles. The third-order valence-electron chi connectivity index (χ3n) is 2.80. The summed E-state index contributed by atoms with van der Waals surface area (Å²) in [5.41, 5.74) is -4.75. The fourth-order valence-corrected chi connectivity index (χ4v) is 1.48. The normalized spacial score (nSPS) is 13.6. The van der Waals surface area contributed by atoms with E-state index in [-0.39, 0.29) is 13.0 Å². The number of hydrogen-bond donors (Lipinski definition) is 1. The molecule has 0 aliphatic carbocycles. The maximum Gasteiger partial charge on any atom is 0.427 e. The summed E-state index contributed by atoms with van der Waals surface area (Å²) in [6.07, 6.45) is -11.5. The standard InChI is InChI=1S/C12H17F6NO/c1-4-5-6-7-19(9(2)3)8-10(20,11(13,14)15)12(16,17)18/h9,20H,6-8H2,1-3H3. The van der Waals surface area contributed by atoms with Crippen molar-refractivity contribution in [2.45, 2.75) is 51.2 Å². The summed E-state index contributed by atoms with van der Waals surface area (Å²) in [4.78, 5) is 0.908. The average molecular weight is 305 g/mol. The summed E-state index contributed by atoms with van der Waals surface area (Å²) >= 11 is 0. The molecule has 0 atom stereocenters. The minimum absolute atomic E-state index is 0.0903. The molecule has 0 heterocycles. The topological polar surface area (TPSA) is 23.5 Å². The smallest absolute Gasteiger partial charge is 0.373 e. The average Bonchev–Trinajstić information content (AvgIpc) is 2.24. The van der Waals surface area contributed by atoms with Gasteiger partial charge in [0.1, 0.15) is 0 Å². The lowest BCUT2D eigenvalue weighted by molar-refractivity contribution is -0.371. The molecule has 2 nitrogen and oxygen atoms in total. The van der Waals surface area contributed by atoms with Crippen molar-refractivity contribution in [1.29, 1.82) is 0 Å². The lowest BCUT2D eigenvalue weighted by atomic mass is 10.0. The van der Waals surface area contributed by atoms with Crippen molar-refractivity contribution < 1.29 is 31.4 Å². The van der Waals surface area contributed by atoms with Gasteiger partial charge in [0.05, 0.1) is 0 Å². The Morgan fingerprint density at radius 3 is 1.80 bits per heavy atom. The van der Waals surface area contributed by atoms with Crippen molar-refractivity contribution in [1.82, 2.24) is 4.90 Å². The van der Waals surface area contributed by atoms with Crippen molar-refractivity contribution in [2.75, 3.05) is 13.1 Å². The van der Waals surface area contributed by atoms with Crippen LogP contribution in [-0.2, 0) is 0 Å². The predicted molar refractivity (Wildman–Crippen MR) is 61.8 cm³/mol. The van der Waals surface area contributed by atoms with Crippen LogP contribution in [0.5, 0.6) is 0 Å². The van der Waals surface area contributed by atoms with Gasteiger partial charge in [0.15, 0.2) is 0 Å². The van der Waals surface area contributed by atoms with E-state index in [2.05, 4.69) is 11.8 Å². The first kappa shape index (κ1) is 19.1. The van der Waals surface area contributed by atoms with Crippen LogP contribution in [0.1, 0.15) is 27.2 Å². The van der Waals surface area contributed by atoms with Gasteiger partial charge in [0.2, 0.25) is 0 Å². The van der Waals surface area contributed by atoms with Gasteiger partial charge in [0, 0.05) is 25.6 Å². The Balaban J connectivity index is 5.24. The van der Waals surface area contributed by atoms with E-state index in [1.54, 1.807) is 0 Å². The first-order chi connectivity index (χ1) is 8.87. The molecule has 0 saturated heterocycles. The van der Waals surface area contributed by atoms with Gasteiger partial charge < -0.3 is 5.11 Å². The molecule has 0 bridgehead atoms. The van der Waals surface area contributed by atoms with Crippen LogP contribution in [0.2, 0.25) is 0 Å². The number of rotatable bonds is 5. The van der Waals surface area contributed by atoms with Crippen molar-refractivity contribution in [3.8, 4) is 11.8 Å². The van der Waals surface area contributed by atoms with E-state index in [0.717, 1.165) is 4.90 Å². The van der Waals surface area contributed by atoms with Gasteiger partial charge in [-0.3, -0.25) is 4.90 Å². The number of nitrogens with zero attached hydrogens (tertiary/aromatic N) is 1. The predicted octanol–water partition coefficient (Wildman–Crippen LogP) is 2.97. The second-order valence-corrected chi connectivity index (χ2v) is 4.60. The highest BCUT2D eigenvalue weighted by molar-refractivity contribution is 4.99. The molecule has 0 spiro atoms. The van der Waals surface area contributed by atoms with Gasteiger partial charge in [-0.2, -0.15) is 26.3 Å². The van der Waals surface area contributed by atoms with E-state index >= 15 is 0 Å². The highest BCUT2D eigenvalue weighted by atomic mass is 19.4. The SMILES string of the molecule is CC#CCCN(CC(O)(C(F)(F)F)C(F)(F)F)C(C)C. The van der Waals surface area contributed by atoms with E-state index < -0.39 is 30.5 Å². The molecule has 0 aliphatic heterocycles. The van der Waals surface area contributed by atoms with Crippen LogP contribution in [0.3, 0.4) is 0 Å². The van der Waals surface area contributed by atoms with Crippen LogP contribution in [0.4, 0.5) is 26.3 Å². The van der Waals surface area contributed by atoms with Crippen LogP contribution in [-0.4, -0.2) is 47.1 Å².